The number of ether oxygens (including phenoxy) is 1. The zero-order valence-corrected chi connectivity index (χ0v) is 15.8. The summed E-state index contributed by atoms with van der Waals surface area (Å²) in [5.41, 5.74) is 6.37. The molecule has 2 N–H and O–H groups in total. The second kappa shape index (κ2) is 8.77. The lowest BCUT2D eigenvalue weighted by molar-refractivity contribution is 0.466. The number of nitrogen functional groups attached to an aromatic ring is 1. The molecule has 0 aliphatic rings. The lowest BCUT2D eigenvalue weighted by Gasteiger charge is -2.07. The molecule has 4 aromatic rings. The Balaban J connectivity index is 0.000000221. The summed E-state index contributed by atoms with van der Waals surface area (Å²) in [6, 6.07) is 12.2. The van der Waals surface area contributed by atoms with Crippen LogP contribution < -0.4 is 10.5 Å². The molecule has 0 radical (unpaired) electrons. The Hall–Kier alpha value is -2.74. The molecule has 3 aromatic heterocycles. The number of para-hydroxylation sites is 1. The van der Waals surface area contributed by atoms with Crippen LogP contribution in [0.15, 0.2) is 55.1 Å². The molecular weight excluding hydrogens is 411 g/mol. The second-order valence-corrected chi connectivity index (χ2v) is 6.17. The van der Waals surface area contributed by atoms with Gasteiger partial charge in [-0.1, -0.05) is 46.9 Å². The van der Waals surface area contributed by atoms with E-state index in [0.29, 0.717) is 38.4 Å². The van der Waals surface area contributed by atoms with Crippen molar-refractivity contribution < 1.29 is 4.74 Å². The van der Waals surface area contributed by atoms with Gasteiger partial charge in [-0.2, -0.15) is 0 Å². The summed E-state index contributed by atoms with van der Waals surface area (Å²) in [5, 5.41) is 1.99. The Morgan fingerprint density at radius 3 is 2.07 bits per heavy atom. The second-order valence-electron chi connectivity index (χ2n) is 5.01. The minimum atomic E-state index is 0.317. The van der Waals surface area contributed by atoms with Crippen LogP contribution in [0.2, 0.25) is 15.5 Å². The van der Waals surface area contributed by atoms with Crippen LogP contribution in [0.4, 0.5) is 5.82 Å². The molecule has 0 aliphatic heterocycles. The van der Waals surface area contributed by atoms with Crippen molar-refractivity contribution in [2.24, 2.45) is 0 Å². The maximum absolute atomic E-state index is 5.79. The van der Waals surface area contributed by atoms with Gasteiger partial charge in [-0.15, -0.1) is 0 Å². The van der Waals surface area contributed by atoms with E-state index in [9.17, 15) is 0 Å². The topological polar surface area (TPSA) is 99.7 Å². The summed E-state index contributed by atoms with van der Waals surface area (Å²) in [7, 11) is 0. The van der Waals surface area contributed by atoms with E-state index in [-0.39, 0.29) is 0 Å². The molecule has 0 saturated heterocycles. The van der Waals surface area contributed by atoms with Gasteiger partial charge in [-0.25, -0.2) is 24.9 Å². The largest absolute Gasteiger partial charge is 0.437 e. The molecule has 0 fully saturated rings. The molecular formula is C17H11Cl3N6O. The van der Waals surface area contributed by atoms with Crippen LogP contribution in [0.3, 0.4) is 0 Å². The Kier molecular flexibility index (Phi) is 6.18. The predicted molar refractivity (Wildman–Crippen MR) is 105 cm³/mol. The number of halogens is 3. The first-order valence-electron chi connectivity index (χ1n) is 7.45. The van der Waals surface area contributed by atoms with E-state index in [0.717, 1.165) is 5.39 Å². The number of benzene rings is 1. The molecule has 136 valence electrons. The van der Waals surface area contributed by atoms with E-state index in [1.54, 1.807) is 12.1 Å². The van der Waals surface area contributed by atoms with Crippen molar-refractivity contribution in [3.63, 3.8) is 0 Å². The highest BCUT2D eigenvalue weighted by Crippen LogP contribution is 2.28. The monoisotopic (exact) mass is 420 g/mol. The third-order valence-corrected chi connectivity index (χ3v) is 3.75. The number of rotatable bonds is 2. The van der Waals surface area contributed by atoms with Crippen molar-refractivity contribution in [3.8, 4) is 11.6 Å². The lowest BCUT2D eigenvalue weighted by atomic mass is 10.2. The summed E-state index contributed by atoms with van der Waals surface area (Å²) in [6.07, 6.45) is 2.65. The summed E-state index contributed by atoms with van der Waals surface area (Å²) < 4.78 is 5.67. The van der Waals surface area contributed by atoms with Gasteiger partial charge in [-0.3, -0.25) is 0 Å². The minimum absolute atomic E-state index is 0.317. The molecule has 0 unspecified atom stereocenters. The Labute approximate surface area is 169 Å². The third kappa shape index (κ3) is 5.37. The van der Waals surface area contributed by atoms with E-state index < -0.39 is 0 Å². The maximum Gasteiger partial charge on any atom is 0.223 e. The van der Waals surface area contributed by atoms with Crippen LogP contribution in [-0.4, -0.2) is 24.9 Å². The fraction of sp³-hybridized carbons (Fsp3) is 0. The summed E-state index contributed by atoms with van der Waals surface area (Å²) in [4.78, 5) is 19.3. The number of pyridine rings is 1. The smallest absolute Gasteiger partial charge is 0.223 e. The average molecular weight is 422 g/mol. The first-order chi connectivity index (χ1) is 13.0. The number of aromatic nitrogens is 5. The molecule has 0 atom stereocenters. The number of fused-ring (bicyclic) bond motifs is 1. The summed E-state index contributed by atoms with van der Waals surface area (Å²) in [5.74, 6) is 1.36. The minimum Gasteiger partial charge on any atom is -0.437 e. The van der Waals surface area contributed by atoms with Crippen molar-refractivity contribution in [2.75, 3.05) is 5.73 Å². The van der Waals surface area contributed by atoms with Crippen LogP contribution in [0, 0.1) is 0 Å². The quantitative estimate of drug-likeness (QED) is 0.462. The number of hydrogen-bond donors (Lipinski definition) is 1. The van der Waals surface area contributed by atoms with Gasteiger partial charge in [0.1, 0.15) is 39.4 Å². The standard InChI is InChI=1S/C13H9ClN4O.C4H2Cl2N2/c14-10-6-12(17-7-16-10)19-9-3-1-2-8-4-5-11(15)18-13(8)9;5-3-1-4(6)8-2-7-3/h1-7H,(H2,15,18);1-2H. The van der Waals surface area contributed by atoms with Crippen LogP contribution in [0.1, 0.15) is 0 Å². The molecule has 0 aliphatic carbocycles. The van der Waals surface area contributed by atoms with Crippen molar-refractivity contribution in [1.82, 2.24) is 24.9 Å². The fourth-order valence-electron chi connectivity index (χ4n) is 2.02. The van der Waals surface area contributed by atoms with E-state index >= 15 is 0 Å². The third-order valence-electron chi connectivity index (χ3n) is 3.13. The van der Waals surface area contributed by atoms with Gasteiger partial charge < -0.3 is 10.5 Å². The van der Waals surface area contributed by atoms with Crippen LogP contribution in [-0.2, 0) is 0 Å². The SMILES string of the molecule is Clc1cc(Cl)ncn1.Nc1ccc2cccc(Oc3cc(Cl)ncn3)c2n1. The number of nitrogens with zero attached hydrogens (tertiary/aromatic N) is 5. The molecule has 0 amide bonds. The molecule has 0 saturated carbocycles. The van der Waals surface area contributed by atoms with E-state index in [1.807, 2.05) is 18.2 Å². The molecule has 1 aromatic carbocycles. The molecule has 0 spiro atoms. The molecule has 10 heteroatoms. The van der Waals surface area contributed by atoms with Gasteiger partial charge in [0.25, 0.3) is 0 Å². The van der Waals surface area contributed by atoms with E-state index in [4.69, 9.17) is 45.3 Å². The first-order valence-corrected chi connectivity index (χ1v) is 8.58. The normalized spacial score (nSPS) is 10.2. The highest BCUT2D eigenvalue weighted by molar-refractivity contribution is 6.33. The molecule has 7 nitrogen and oxygen atoms in total. The number of anilines is 1. The predicted octanol–water partition coefficient (Wildman–Crippen LogP) is 4.84. The van der Waals surface area contributed by atoms with Crippen molar-refractivity contribution in [1.29, 1.82) is 0 Å². The highest BCUT2D eigenvalue weighted by atomic mass is 35.5. The van der Waals surface area contributed by atoms with Gasteiger partial charge in [0.15, 0.2) is 5.75 Å². The Bertz CT molecular complexity index is 1060. The zero-order valence-electron chi connectivity index (χ0n) is 13.6. The van der Waals surface area contributed by atoms with Crippen molar-refractivity contribution in [3.05, 3.63) is 70.6 Å². The molecule has 3 heterocycles. The summed E-state index contributed by atoms with van der Waals surface area (Å²) in [6.45, 7) is 0. The molecule has 27 heavy (non-hydrogen) atoms. The van der Waals surface area contributed by atoms with Crippen LogP contribution in [0.5, 0.6) is 11.6 Å². The first kappa shape index (κ1) is 19.0. The van der Waals surface area contributed by atoms with Crippen LogP contribution in [0.25, 0.3) is 10.9 Å². The molecule has 4 rings (SSSR count). The number of hydrogen-bond acceptors (Lipinski definition) is 7. The Morgan fingerprint density at radius 2 is 1.44 bits per heavy atom. The Morgan fingerprint density at radius 1 is 0.778 bits per heavy atom. The van der Waals surface area contributed by atoms with Gasteiger partial charge in [0, 0.05) is 17.5 Å². The summed E-state index contributed by atoms with van der Waals surface area (Å²) >= 11 is 16.6. The lowest BCUT2D eigenvalue weighted by Crippen LogP contribution is -1.94. The van der Waals surface area contributed by atoms with Crippen LogP contribution >= 0.6 is 34.8 Å². The van der Waals surface area contributed by atoms with Gasteiger partial charge in [0.05, 0.1) is 0 Å². The van der Waals surface area contributed by atoms with E-state index in [2.05, 4.69) is 24.9 Å². The average Bonchev–Trinajstić information content (AvgIpc) is 2.63. The van der Waals surface area contributed by atoms with Crippen molar-refractivity contribution >= 4 is 51.5 Å². The number of nitrogens with two attached hydrogens (primary N) is 1. The van der Waals surface area contributed by atoms with Gasteiger partial charge in [-0.05, 0) is 18.2 Å². The van der Waals surface area contributed by atoms with Gasteiger partial charge >= 0.3 is 0 Å². The molecule has 0 bridgehead atoms. The fourth-order valence-corrected chi connectivity index (χ4v) is 2.50. The maximum atomic E-state index is 5.79. The van der Waals surface area contributed by atoms with Crippen molar-refractivity contribution in [2.45, 2.75) is 0 Å². The van der Waals surface area contributed by atoms with E-state index in [1.165, 1.54) is 24.8 Å². The van der Waals surface area contributed by atoms with Gasteiger partial charge in [0.2, 0.25) is 5.88 Å². The zero-order chi connectivity index (χ0) is 19.2. The highest BCUT2D eigenvalue weighted by Gasteiger charge is 2.06.